The van der Waals surface area contributed by atoms with E-state index < -0.39 is 8.07 Å². The predicted octanol–water partition coefficient (Wildman–Crippen LogP) is 3.36. The topological polar surface area (TPSA) is 96.8 Å². The minimum Gasteiger partial charge on any atom is -0.361 e. The average molecular weight is 481 g/mol. The molecule has 2 atom stereocenters. The van der Waals surface area contributed by atoms with Crippen LogP contribution in [0.3, 0.4) is 0 Å². The summed E-state index contributed by atoms with van der Waals surface area (Å²) in [5.74, 6) is 0. The molecule has 34 heavy (non-hydrogen) atoms. The van der Waals surface area contributed by atoms with Crippen molar-refractivity contribution in [3.8, 4) is 17.3 Å². The van der Waals surface area contributed by atoms with Gasteiger partial charge in [-0.2, -0.15) is 10.4 Å². The smallest absolute Gasteiger partial charge is 0.145 e. The molecule has 0 saturated carbocycles. The summed E-state index contributed by atoms with van der Waals surface area (Å²) >= 11 is 0. The summed E-state index contributed by atoms with van der Waals surface area (Å²) in [6.07, 6.45) is 7.88. The van der Waals surface area contributed by atoms with Gasteiger partial charge in [0.05, 0.1) is 30.4 Å². The van der Waals surface area contributed by atoms with Gasteiger partial charge in [-0.25, -0.2) is 9.97 Å². The van der Waals surface area contributed by atoms with Crippen molar-refractivity contribution in [1.82, 2.24) is 34.5 Å². The van der Waals surface area contributed by atoms with Gasteiger partial charge in [-0.3, -0.25) is 9.58 Å². The highest BCUT2D eigenvalue weighted by molar-refractivity contribution is 6.76. The largest absolute Gasteiger partial charge is 0.361 e. The third-order valence-electron chi connectivity index (χ3n) is 6.44. The van der Waals surface area contributed by atoms with E-state index in [2.05, 4.69) is 57.9 Å². The molecule has 0 aliphatic carbocycles. The van der Waals surface area contributed by atoms with Gasteiger partial charge in [-0.05, 0) is 19.0 Å². The number of hydrogen-bond acceptors (Lipinski definition) is 7. The Kier molecular flexibility index (Phi) is 7.78. The van der Waals surface area contributed by atoms with E-state index in [0.717, 1.165) is 61.1 Å². The third kappa shape index (κ3) is 5.91. The molecule has 1 aliphatic heterocycles. The second kappa shape index (κ2) is 10.8. The lowest BCUT2D eigenvalue weighted by Crippen LogP contribution is -2.51. The Bertz CT molecular complexity index is 1130. The normalized spacial score (nSPS) is 18.3. The second-order valence-corrected chi connectivity index (χ2v) is 16.0. The molecule has 0 radical (unpaired) electrons. The summed E-state index contributed by atoms with van der Waals surface area (Å²) in [6.45, 7) is 14.3. The molecule has 1 N–H and O–H groups in total. The Morgan fingerprint density at radius 2 is 2.18 bits per heavy atom. The fraction of sp³-hybridized carbons (Fsp3) is 0.583. The molecule has 1 fully saturated rings. The van der Waals surface area contributed by atoms with E-state index in [0.29, 0.717) is 19.2 Å². The minimum absolute atomic E-state index is 0.000919. The average Bonchev–Trinajstić information content (AvgIpc) is 3.45. The second-order valence-electron chi connectivity index (χ2n) is 10.4. The molecule has 9 nitrogen and oxygen atoms in total. The Morgan fingerprint density at radius 1 is 1.32 bits per heavy atom. The Balaban J connectivity index is 1.50. The number of nitrogens with one attached hydrogen (secondary N) is 1. The van der Waals surface area contributed by atoms with Crippen LogP contribution in [0.5, 0.6) is 0 Å². The maximum Gasteiger partial charge on any atom is 0.145 e. The molecule has 4 rings (SSSR count). The maximum absolute atomic E-state index is 9.44. The first-order chi connectivity index (χ1) is 16.4. The summed E-state index contributed by atoms with van der Waals surface area (Å²) in [7, 11) is -1.11. The number of nitrogens with zero attached hydrogens (tertiary/aromatic N) is 7. The fourth-order valence-electron chi connectivity index (χ4n) is 4.31. The van der Waals surface area contributed by atoms with Crippen LogP contribution in [0.1, 0.15) is 19.4 Å². The lowest BCUT2D eigenvalue weighted by atomic mass is 10.1. The summed E-state index contributed by atoms with van der Waals surface area (Å²) in [6, 6.07) is 5.97. The van der Waals surface area contributed by atoms with Gasteiger partial charge in [0.25, 0.3) is 0 Å². The van der Waals surface area contributed by atoms with Crippen molar-refractivity contribution >= 4 is 19.1 Å². The Labute approximate surface area is 202 Å². The monoisotopic (exact) mass is 480 g/mol. The van der Waals surface area contributed by atoms with Crippen molar-refractivity contribution < 1.29 is 4.74 Å². The quantitative estimate of drug-likeness (QED) is 0.351. The number of nitriles is 1. The van der Waals surface area contributed by atoms with E-state index in [1.807, 2.05) is 33.9 Å². The molecule has 10 heteroatoms. The Hall–Kier alpha value is -2.58. The van der Waals surface area contributed by atoms with E-state index in [1.54, 1.807) is 6.33 Å². The Morgan fingerprint density at radius 3 is 2.94 bits per heavy atom. The minimum atomic E-state index is -1.11. The van der Waals surface area contributed by atoms with Gasteiger partial charge < -0.3 is 14.6 Å². The highest BCUT2D eigenvalue weighted by Gasteiger charge is 2.23. The van der Waals surface area contributed by atoms with Crippen LogP contribution in [0, 0.1) is 11.3 Å². The first-order valence-corrected chi connectivity index (χ1v) is 15.8. The molecular formula is C24H36N8OSi. The number of piperazine rings is 1. The van der Waals surface area contributed by atoms with Gasteiger partial charge >= 0.3 is 0 Å². The van der Waals surface area contributed by atoms with Gasteiger partial charge in [0.2, 0.25) is 0 Å². The number of ether oxygens (including phenoxy) is 1. The molecule has 0 aromatic carbocycles. The first-order valence-electron chi connectivity index (χ1n) is 12.1. The summed E-state index contributed by atoms with van der Waals surface area (Å²) in [5.41, 5.74) is 2.64. The SMILES string of the molecule is C[C@H]1CNCCN1CC(CC#N)n1cc(-c2ncnc3c2ccn3COCC[Si](C)(C)C)cn1. The summed E-state index contributed by atoms with van der Waals surface area (Å²) in [5, 5.41) is 18.5. The van der Waals surface area contributed by atoms with Crippen LogP contribution in [0.2, 0.25) is 25.7 Å². The van der Waals surface area contributed by atoms with Crippen molar-refractivity contribution in [3.05, 3.63) is 31.0 Å². The van der Waals surface area contributed by atoms with Gasteiger partial charge in [0.1, 0.15) is 18.7 Å². The lowest BCUT2D eigenvalue weighted by Gasteiger charge is -2.35. The summed E-state index contributed by atoms with van der Waals surface area (Å²) in [4.78, 5) is 11.5. The zero-order valence-electron chi connectivity index (χ0n) is 20.7. The van der Waals surface area contributed by atoms with Crippen LogP contribution in [0.15, 0.2) is 31.0 Å². The van der Waals surface area contributed by atoms with Crippen LogP contribution in [0.25, 0.3) is 22.3 Å². The van der Waals surface area contributed by atoms with E-state index in [9.17, 15) is 5.26 Å². The van der Waals surface area contributed by atoms with Crippen molar-refractivity contribution in [2.75, 3.05) is 32.8 Å². The van der Waals surface area contributed by atoms with E-state index in [1.165, 1.54) is 0 Å². The molecule has 1 aliphatic rings. The molecule has 0 bridgehead atoms. The molecule has 0 spiro atoms. The first kappa shape index (κ1) is 24.5. The molecule has 4 heterocycles. The van der Waals surface area contributed by atoms with Crippen LogP contribution >= 0.6 is 0 Å². The zero-order chi connectivity index (χ0) is 24.1. The summed E-state index contributed by atoms with van der Waals surface area (Å²) < 4.78 is 9.89. The van der Waals surface area contributed by atoms with Gasteiger partial charge in [-0.1, -0.05) is 19.6 Å². The van der Waals surface area contributed by atoms with Crippen LogP contribution < -0.4 is 5.32 Å². The van der Waals surface area contributed by atoms with E-state index in [-0.39, 0.29) is 6.04 Å². The van der Waals surface area contributed by atoms with Crippen molar-refractivity contribution in [1.29, 1.82) is 5.26 Å². The zero-order valence-corrected chi connectivity index (χ0v) is 21.7. The molecule has 1 saturated heterocycles. The van der Waals surface area contributed by atoms with Gasteiger partial charge in [0, 0.05) is 70.2 Å². The molecule has 3 aromatic heterocycles. The molecule has 182 valence electrons. The molecular weight excluding hydrogens is 444 g/mol. The number of fused-ring (bicyclic) bond motifs is 1. The van der Waals surface area contributed by atoms with Crippen LogP contribution in [-0.2, 0) is 11.5 Å². The van der Waals surface area contributed by atoms with Crippen molar-refractivity contribution in [2.24, 2.45) is 0 Å². The standard InChI is InChI=1S/C24H36N8OSi/c1-19-13-26-8-10-30(19)16-21(5-7-25)32-15-20(14-29-32)23-22-6-9-31(24(22)28-17-27-23)18-33-11-12-34(2,3)4/h6,9,14-15,17,19,21,26H,5,8,10-13,16,18H2,1-4H3/t19-,21?/m0/s1. The van der Waals surface area contributed by atoms with Crippen LogP contribution in [0.4, 0.5) is 0 Å². The van der Waals surface area contributed by atoms with Crippen molar-refractivity contribution in [3.63, 3.8) is 0 Å². The fourth-order valence-corrected chi connectivity index (χ4v) is 5.07. The number of hydrogen-bond donors (Lipinski definition) is 1. The van der Waals surface area contributed by atoms with E-state index >= 15 is 0 Å². The predicted molar refractivity (Wildman–Crippen MR) is 136 cm³/mol. The van der Waals surface area contributed by atoms with Gasteiger partial charge in [0.15, 0.2) is 0 Å². The number of rotatable bonds is 10. The highest BCUT2D eigenvalue weighted by atomic mass is 28.3. The highest BCUT2D eigenvalue weighted by Crippen LogP contribution is 2.27. The number of aromatic nitrogens is 5. The van der Waals surface area contributed by atoms with Crippen molar-refractivity contribution in [2.45, 2.75) is 57.8 Å². The molecule has 0 amide bonds. The molecule has 1 unspecified atom stereocenters. The van der Waals surface area contributed by atoms with E-state index in [4.69, 9.17) is 4.74 Å². The lowest BCUT2D eigenvalue weighted by molar-refractivity contribution is 0.0899. The third-order valence-corrected chi connectivity index (χ3v) is 8.15. The van der Waals surface area contributed by atoms with Crippen LogP contribution in [-0.4, -0.2) is 76.1 Å². The van der Waals surface area contributed by atoms with Gasteiger partial charge in [-0.15, -0.1) is 0 Å². The molecule has 3 aromatic rings. The maximum atomic E-state index is 9.44.